The number of aromatic nitrogens is 1. The number of anilines is 1. The SMILES string of the molecule is CCCCc1ccc(NS(=O)(=O)c2ccc(C)c(C(=O)NC(C)c3ccccn3)c2)cc1. The van der Waals surface area contributed by atoms with E-state index in [1.807, 2.05) is 37.3 Å². The molecule has 1 atom stereocenters. The van der Waals surface area contributed by atoms with Crippen molar-refractivity contribution < 1.29 is 13.2 Å². The van der Waals surface area contributed by atoms with Crippen LogP contribution in [-0.4, -0.2) is 19.3 Å². The highest BCUT2D eigenvalue weighted by Gasteiger charge is 2.20. The Hall–Kier alpha value is -3.19. The summed E-state index contributed by atoms with van der Waals surface area (Å²) < 4.78 is 28.5. The number of amides is 1. The van der Waals surface area contributed by atoms with E-state index in [1.54, 1.807) is 31.3 Å². The summed E-state index contributed by atoms with van der Waals surface area (Å²) in [6.07, 6.45) is 4.84. The second-order valence-corrected chi connectivity index (χ2v) is 9.51. The number of hydrogen-bond acceptors (Lipinski definition) is 4. The van der Waals surface area contributed by atoms with E-state index in [2.05, 4.69) is 21.9 Å². The summed E-state index contributed by atoms with van der Waals surface area (Å²) in [5, 5.41) is 2.89. The van der Waals surface area contributed by atoms with Crippen LogP contribution in [0.25, 0.3) is 0 Å². The topological polar surface area (TPSA) is 88.2 Å². The Bertz CT molecular complexity index is 1160. The molecule has 7 heteroatoms. The predicted octanol–water partition coefficient (Wildman–Crippen LogP) is 5.02. The fraction of sp³-hybridized carbons (Fsp3) is 0.280. The van der Waals surface area contributed by atoms with E-state index in [-0.39, 0.29) is 16.8 Å². The lowest BCUT2D eigenvalue weighted by molar-refractivity contribution is 0.0938. The quantitative estimate of drug-likeness (QED) is 0.478. The minimum absolute atomic E-state index is 0.0359. The van der Waals surface area contributed by atoms with E-state index >= 15 is 0 Å². The molecule has 0 saturated carbocycles. The van der Waals surface area contributed by atoms with Crippen LogP contribution in [0.15, 0.2) is 71.8 Å². The second kappa shape index (κ2) is 10.4. The van der Waals surface area contributed by atoms with Gasteiger partial charge in [-0.2, -0.15) is 0 Å². The number of benzene rings is 2. The van der Waals surface area contributed by atoms with Crippen LogP contribution < -0.4 is 10.0 Å². The zero-order valence-corrected chi connectivity index (χ0v) is 19.4. The van der Waals surface area contributed by atoms with Gasteiger partial charge in [-0.05, 0) is 74.2 Å². The van der Waals surface area contributed by atoms with Gasteiger partial charge in [0.25, 0.3) is 15.9 Å². The van der Waals surface area contributed by atoms with Crippen LogP contribution in [0.2, 0.25) is 0 Å². The van der Waals surface area contributed by atoms with Crippen LogP contribution >= 0.6 is 0 Å². The van der Waals surface area contributed by atoms with Gasteiger partial charge in [-0.15, -0.1) is 0 Å². The fourth-order valence-corrected chi connectivity index (χ4v) is 4.41. The number of unbranched alkanes of at least 4 members (excludes halogenated alkanes) is 1. The number of hydrogen-bond donors (Lipinski definition) is 2. The van der Waals surface area contributed by atoms with E-state index in [0.29, 0.717) is 16.8 Å². The number of carbonyl (C=O) groups excluding carboxylic acids is 1. The van der Waals surface area contributed by atoms with Gasteiger partial charge >= 0.3 is 0 Å². The van der Waals surface area contributed by atoms with E-state index in [4.69, 9.17) is 0 Å². The highest BCUT2D eigenvalue weighted by Crippen LogP contribution is 2.21. The van der Waals surface area contributed by atoms with Crippen LogP contribution in [0.5, 0.6) is 0 Å². The highest BCUT2D eigenvalue weighted by molar-refractivity contribution is 7.92. The molecule has 2 N–H and O–H groups in total. The monoisotopic (exact) mass is 451 g/mol. The average molecular weight is 452 g/mol. The first-order valence-electron chi connectivity index (χ1n) is 10.7. The zero-order valence-electron chi connectivity index (χ0n) is 18.6. The molecule has 1 amide bonds. The van der Waals surface area contributed by atoms with E-state index in [9.17, 15) is 13.2 Å². The summed E-state index contributed by atoms with van der Waals surface area (Å²) in [7, 11) is -3.84. The Kier molecular flexibility index (Phi) is 7.64. The third-order valence-electron chi connectivity index (χ3n) is 5.27. The average Bonchev–Trinajstić information content (AvgIpc) is 2.79. The van der Waals surface area contributed by atoms with E-state index < -0.39 is 10.0 Å². The Morgan fingerprint density at radius 3 is 2.47 bits per heavy atom. The molecule has 1 aromatic heterocycles. The predicted molar refractivity (Wildman–Crippen MR) is 127 cm³/mol. The Labute approximate surface area is 190 Å². The summed E-state index contributed by atoms with van der Waals surface area (Å²) >= 11 is 0. The van der Waals surface area contributed by atoms with Crippen LogP contribution in [0.3, 0.4) is 0 Å². The summed E-state index contributed by atoms with van der Waals surface area (Å²) in [6.45, 7) is 5.75. The van der Waals surface area contributed by atoms with Crippen molar-refractivity contribution in [2.24, 2.45) is 0 Å². The lowest BCUT2D eigenvalue weighted by Crippen LogP contribution is -2.28. The molecular weight excluding hydrogens is 422 g/mol. The first-order valence-corrected chi connectivity index (χ1v) is 12.2. The van der Waals surface area contributed by atoms with Crippen molar-refractivity contribution in [3.05, 3.63) is 89.2 Å². The lowest BCUT2D eigenvalue weighted by atomic mass is 10.1. The molecule has 0 aliphatic rings. The normalized spacial score (nSPS) is 12.2. The third kappa shape index (κ3) is 5.95. The van der Waals surface area contributed by atoms with Gasteiger partial charge in [-0.3, -0.25) is 14.5 Å². The molecule has 0 spiro atoms. The number of sulfonamides is 1. The molecule has 168 valence electrons. The van der Waals surface area contributed by atoms with Crippen LogP contribution in [-0.2, 0) is 16.4 Å². The van der Waals surface area contributed by atoms with E-state index in [0.717, 1.165) is 25.0 Å². The standard InChI is InChI=1S/C25H29N3O3S/c1-4-5-8-20-11-13-21(14-12-20)28-32(30,31)22-15-10-18(2)23(17-22)25(29)27-19(3)24-9-6-7-16-26-24/h6-7,9-17,19,28H,4-5,8H2,1-3H3,(H,27,29). The molecule has 0 aliphatic heterocycles. The number of pyridine rings is 1. The van der Waals surface area contributed by atoms with Gasteiger partial charge in [0.15, 0.2) is 0 Å². The Morgan fingerprint density at radius 2 is 1.81 bits per heavy atom. The smallest absolute Gasteiger partial charge is 0.261 e. The first-order chi connectivity index (χ1) is 15.3. The number of rotatable bonds is 9. The zero-order chi connectivity index (χ0) is 23.1. The van der Waals surface area contributed by atoms with Crippen LogP contribution in [0.4, 0.5) is 5.69 Å². The van der Waals surface area contributed by atoms with Crippen molar-refractivity contribution in [2.75, 3.05) is 4.72 Å². The second-order valence-electron chi connectivity index (χ2n) is 7.83. The molecule has 3 aromatic rings. The number of nitrogens with zero attached hydrogens (tertiary/aromatic N) is 1. The minimum Gasteiger partial charge on any atom is -0.344 e. The van der Waals surface area contributed by atoms with Gasteiger partial charge in [0, 0.05) is 17.4 Å². The van der Waals surface area contributed by atoms with Crippen molar-refractivity contribution >= 4 is 21.6 Å². The van der Waals surface area contributed by atoms with Crippen molar-refractivity contribution in [3.8, 4) is 0 Å². The van der Waals surface area contributed by atoms with Crippen LogP contribution in [0.1, 0.15) is 59.9 Å². The molecule has 0 fully saturated rings. The molecule has 0 radical (unpaired) electrons. The van der Waals surface area contributed by atoms with Gasteiger partial charge in [-0.1, -0.05) is 37.6 Å². The lowest BCUT2D eigenvalue weighted by Gasteiger charge is -2.15. The highest BCUT2D eigenvalue weighted by atomic mass is 32.2. The Balaban J connectivity index is 1.76. The summed E-state index contributed by atoms with van der Waals surface area (Å²) in [5.41, 5.74) is 3.39. The molecule has 6 nitrogen and oxygen atoms in total. The Morgan fingerprint density at radius 1 is 1.06 bits per heavy atom. The molecular formula is C25H29N3O3S. The van der Waals surface area contributed by atoms with Crippen LogP contribution in [0, 0.1) is 6.92 Å². The van der Waals surface area contributed by atoms with Gasteiger partial charge in [0.1, 0.15) is 0 Å². The van der Waals surface area contributed by atoms with Gasteiger partial charge in [-0.25, -0.2) is 8.42 Å². The minimum atomic E-state index is -3.84. The van der Waals surface area contributed by atoms with Gasteiger partial charge < -0.3 is 5.32 Å². The molecule has 0 bridgehead atoms. The summed E-state index contributed by atoms with van der Waals surface area (Å²) in [6, 6.07) is 17.1. The number of nitrogens with one attached hydrogen (secondary N) is 2. The van der Waals surface area contributed by atoms with E-state index in [1.165, 1.54) is 17.7 Å². The molecule has 0 saturated heterocycles. The molecule has 3 rings (SSSR count). The first kappa shape index (κ1) is 23.5. The molecule has 1 unspecified atom stereocenters. The molecule has 2 aromatic carbocycles. The fourth-order valence-electron chi connectivity index (χ4n) is 3.33. The molecule has 0 aliphatic carbocycles. The largest absolute Gasteiger partial charge is 0.344 e. The molecule has 32 heavy (non-hydrogen) atoms. The third-order valence-corrected chi connectivity index (χ3v) is 6.65. The summed E-state index contributed by atoms with van der Waals surface area (Å²) in [5.74, 6) is -0.349. The molecule has 1 heterocycles. The number of carbonyl (C=O) groups is 1. The van der Waals surface area contributed by atoms with Crippen molar-refractivity contribution in [1.29, 1.82) is 0 Å². The van der Waals surface area contributed by atoms with Crippen molar-refractivity contribution in [2.45, 2.75) is 51.0 Å². The van der Waals surface area contributed by atoms with Gasteiger partial charge in [0.05, 0.1) is 16.6 Å². The maximum absolute atomic E-state index is 12.9. The number of aryl methyl sites for hydroxylation is 2. The van der Waals surface area contributed by atoms with Crippen molar-refractivity contribution in [1.82, 2.24) is 10.3 Å². The maximum Gasteiger partial charge on any atom is 0.261 e. The summed E-state index contributed by atoms with van der Waals surface area (Å²) in [4.78, 5) is 17.1. The van der Waals surface area contributed by atoms with Gasteiger partial charge in [0.2, 0.25) is 0 Å². The maximum atomic E-state index is 12.9. The van der Waals surface area contributed by atoms with Crippen molar-refractivity contribution in [3.63, 3.8) is 0 Å².